The van der Waals surface area contributed by atoms with E-state index in [2.05, 4.69) is 39.2 Å². The van der Waals surface area contributed by atoms with Crippen LogP contribution < -0.4 is 10.6 Å². The minimum Gasteiger partial charge on any atom is -0.360 e. The van der Waals surface area contributed by atoms with Gasteiger partial charge in [0.25, 0.3) is 5.91 Å². The Balaban J connectivity index is 1.30. The average Bonchev–Trinajstić information content (AvgIpc) is 3.39. The second-order valence-electron chi connectivity index (χ2n) is 6.03. The third kappa shape index (κ3) is 4.73. The maximum Gasteiger partial charge on any atom is 0.252 e. The topological polar surface area (TPSA) is 54.0 Å². The van der Waals surface area contributed by atoms with Gasteiger partial charge in [0, 0.05) is 28.6 Å². The number of para-hydroxylation sites is 1. The minimum atomic E-state index is -0.0413. The van der Waals surface area contributed by atoms with Crippen molar-refractivity contribution in [2.24, 2.45) is 0 Å². The van der Waals surface area contributed by atoms with E-state index in [1.165, 1.54) is 4.88 Å². The highest BCUT2D eigenvalue weighted by atomic mass is 32.2. The van der Waals surface area contributed by atoms with Gasteiger partial charge in [0.05, 0.1) is 15.8 Å². The van der Waals surface area contributed by atoms with Gasteiger partial charge in [0.15, 0.2) is 5.13 Å². The molecule has 28 heavy (non-hydrogen) atoms. The average molecular weight is 426 g/mol. The second kappa shape index (κ2) is 9.23. The molecular formula is C21H19N3OS3. The lowest BCUT2D eigenvalue weighted by molar-refractivity contribution is 0.0952. The van der Waals surface area contributed by atoms with Gasteiger partial charge in [-0.05, 0) is 35.7 Å². The summed E-state index contributed by atoms with van der Waals surface area (Å²) in [6.45, 7) is 1.18. The van der Waals surface area contributed by atoms with Gasteiger partial charge in [-0.1, -0.05) is 41.7 Å². The molecule has 0 radical (unpaired) electrons. The molecule has 0 aliphatic carbocycles. The number of carbonyl (C=O) groups excluding carboxylic acids is 1. The lowest BCUT2D eigenvalue weighted by Crippen LogP contribution is -2.29. The van der Waals surface area contributed by atoms with E-state index < -0.39 is 0 Å². The molecule has 0 bridgehead atoms. The van der Waals surface area contributed by atoms with Crippen molar-refractivity contribution in [3.8, 4) is 0 Å². The first-order valence-electron chi connectivity index (χ1n) is 8.91. The molecule has 0 aliphatic rings. The number of hydrogen-bond acceptors (Lipinski definition) is 6. The summed E-state index contributed by atoms with van der Waals surface area (Å²) in [6, 6.07) is 20.0. The molecule has 2 aromatic heterocycles. The number of fused-ring (bicyclic) bond motifs is 1. The number of benzene rings is 2. The minimum absolute atomic E-state index is 0.0413. The standard InChI is InChI=1S/C21H19N3OS3/c25-20(16-7-1-3-9-18(16)27-14-15-6-5-13-26-15)22-11-12-23-21-24-17-8-2-4-10-19(17)28-21/h1-10,13H,11-12,14H2,(H,22,25)(H,23,24). The van der Waals surface area contributed by atoms with E-state index in [-0.39, 0.29) is 5.91 Å². The number of nitrogens with zero attached hydrogens (tertiary/aromatic N) is 1. The van der Waals surface area contributed by atoms with Crippen LogP contribution in [0.3, 0.4) is 0 Å². The normalized spacial score (nSPS) is 10.9. The maximum absolute atomic E-state index is 12.6. The summed E-state index contributed by atoms with van der Waals surface area (Å²) in [5.41, 5.74) is 1.72. The monoisotopic (exact) mass is 425 g/mol. The number of thioether (sulfide) groups is 1. The van der Waals surface area contributed by atoms with Crippen molar-refractivity contribution < 1.29 is 4.79 Å². The molecule has 0 spiro atoms. The molecule has 0 atom stereocenters. The van der Waals surface area contributed by atoms with E-state index in [4.69, 9.17) is 0 Å². The first kappa shape index (κ1) is 19.0. The molecule has 0 aliphatic heterocycles. The van der Waals surface area contributed by atoms with E-state index in [1.807, 2.05) is 42.5 Å². The summed E-state index contributed by atoms with van der Waals surface area (Å²) in [5.74, 6) is 0.835. The van der Waals surface area contributed by atoms with Crippen molar-refractivity contribution in [3.63, 3.8) is 0 Å². The Morgan fingerprint density at radius 3 is 2.71 bits per heavy atom. The molecule has 0 saturated carbocycles. The van der Waals surface area contributed by atoms with Gasteiger partial charge in [-0.2, -0.15) is 0 Å². The van der Waals surface area contributed by atoms with Crippen LogP contribution in [0, 0.1) is 0 Å². The zero-order valence-corrected chi connectivity index (χ0v) is 17.5. The quantitative estimate of drug-likeness (QED) is 0.289. The van der Waals surface area contributed by atoms with Gasteiger partial charge < -0.3 is 10.6 Å². The van der Waals surface area contributed by atoms with Gasteiger partial charge in [-0.25, -0.2) is 4.98 Å². The number of amides is 1. The Labute approximate surface area is 176 Å². The van der Waals surface area contributed by atoms with Gasteiger partial charge in [0.2, 0.25) is 0 Å². The van der Waals surface area contributed by atoms with Crippen molar-refractivity contribution >= 4 is 55.7 Å². The zero-order chi connectivity index (χ0) is 19.2. The highest BCUT2D eigenvalue weighted by Crippen LogP contribution is 2.28. The number of rotatable bonds is 8. The lowest BCUT2D eigenvalue weighted by Gasteiger charge is -2.10. The Morgan fingerprint density at radius 2 is 1.86 bits per heavy atom. The number of thiophene rings is 1. The molecule has 4 aromatic rings. The molecule has 2 heterocycles. The smallest absolute Gasteiger partial charge is 0.252 e. The molecule has 2 aromatic carbocycles. The van der Waals surface area contributed by atoms with Crippen molar-refractivity contribution in [1.29, 1.82) is 0 Å². The Bertz CT molecular complexity index is 1030. The lowest BCUT2D eigenvalue weighted by atomic mass is 10.2. The number of anilines is 1. The second-order valence-corrected chi connectivity index (χ2v) is 9.11. The van der Waals surface area contributed by atoms with Crippen molar-refractivity contribution in [3.05, 3.63) is 76.5 Å². The molecule has 142 valence electrons. The molecule has 4 rings (SSSR count). The summed E-state index contributed by atoms with van der Waals surface area (Å²) in [7, 11) is 0. The SMILES string of the molecule is O=C(NCCNc1nc2ccccc2s1)c1ccccc1SCc1cccs1. The van der Waals surface area contributed by atoms with Gasteiger partial charge in [-0.3, -0.25) is 4.79 Å². The van der Waals surface area contributed by atoms with Crippen molar-refractivity contribution in [2.75, 3.05) is 18.4 Å². The Morgan fingerprint density at radius 1 is 1.00 bits per heavy atom. The van der Waals surface area contributed by atoms with Crippen LogP contribution in [0.25, 0.3) is 10.2 Å². The molecule has 0 saturated heterocycles. The summed E-state index contributed by atoms with van der Waals surface area (Å²) in [6.07, 6.45) is 0. The largest absolute Gasteiger partial charge is 0.360 e. The van der Waals surface area contributed by atoms with Gasteiger partial charge in [0.1, 0.15) is 0 Å². The maximum atomic E-state index is 12.6. The fourth-order valence-electron chi connectivity index (χ4n) is 2.71. The summed E-state index contributed by atoms with van der Waals surface area (Å²) in [5, 5.41) is 9.24. The van der Waals surface area contributed by atoms with Crippen LogP contribution >= 0.6 is 34.4 Å². The van der Waals surface area contributed by atoms with E-state index >= 15 is 0 Å². The third-order valence-corrected chi connectivity index (χ3v) is 7.24. The van der Waals surface area contributed by atoms with Gasteiger partial charge in [-0.15, -0.1) is 23.1 Å². The van der Waals surface area contributed by atoms with Crippen LogP contribution in [-0.2, 0) is 5.75 Å². The number of hydrogen-bond donors (Lipinski definition) is 2. The van der Waals surface area contributed by atoms with E-state index in [9.17, 15) is 4.79 Å². The van der Waals surface area contributed by atoms with Crippen LogP contribution in [0.4, 0.5) is 5.13 Å². The van der Waals surface area contributed by atoms with Crippen LogP contribution in [-0.4, -0.2) is 24.0 Å². The van der Waals surface area contributed by atoms with Gasteiger partial charge >= 0.3 is 0 Å². The van der Waals surface area contributed by atoms with E-state index in [0.29, 0.717) is 13.1 Å². The Kier molecular flexibility index (Phi) is 6.26. The van der Waals surface area contributed by atoms with Crippen LogP contribution in [0.15, 0.2) is 70.9 Å². The molecule has 0 fully saturated rings. The summed E-state index contributed by atoms with van der Waals surface area (Å²) < 4.78 is 1.16. The predicted octanol–water partition coefficient (Wildman–Crippen LogP) is 5.49. The number of thiazole rings is 1. The highest BCUT2D eigenvalue weighted by Gasteiger charge is 2.11. The zero-order valence-electron chi connectivity index (χ0n) is 15.1. The molecule has 4 nitrogen and oxygen atoms in total. The van der Waals surface area contributed by atoms with Crippen molar-refractivity contribution in [1.82, 2.24) is 10.3 Å². The third-order valence-electron chi connectivity index (χ3n) is 4.06. The fourth-order valence-corrected chi connectivity index (χ4v) is 5.43. The van der Waals surface area contributed by atoms with Crippen molar-refractivity contribution in [2.45, 2.75) is 10.6 Å². The van der Waals surface area contributed by atoms with Crippen LogP contribution in [0.2, 0.25) is 0 Å². The molecule has 0 unspecified atom stereocenters. The fraction of sp³-hybridized carbons (Fsp3) is 0.143. The summed E-state index contributed by atoms with van der Waals surface area (Å²) in [4.78, 5) is 19.5. The Hall–Kier alpha value is -2.35. The van der Waals surface area contributed by atoms with E-state index in [1.54, 1.807) is 34.4 Å². The van der Waals surface area contributed by atoms with Crippen LogP contribution in [0.1, 0.15) is 15.2 Å². The first-order valence-corrected chi connectivity index (χ1v) is 11.6. The summed E-state index contributed by atoms with van der Waals surface area (Å²) >= 11 is 5.06. The van der Waals surface area contributed by atoms with Crippen LogP contribution in [0.5, 0.6) is 0 Å². The molecule has 1 amide bonds. The molecule has 7 heteroatoms. The predicted molar refractivity (Wildman–Crippen MR) is 121 cm³/mol. The highest BCUT2D eigenvalue weighted by molar-refractivity contribution is 7.98. The number of nitrogens with one attached hydrogen (secondary N) is 2. The number of aromatic nitrogens is 1. The molecular weight excluding hydrogens is 406 g/mol. The molecule has 2 N–H and O–H groups in total. The van der Waals surface area contributed by atoms with E-state index in [0.717, 1.165) is 31.6 Å². The first-order chi connectivity index (χ1) is 13.8. The number of carbonyl (C=O) groups is 1.